The molecule has 0 heterocycles. The molecule has 0 amide bonds. The molecule has 0 aromatic heterocycles. The van der Waals surface area contributed by atoms with Crippen molar-refractivity contribution in [2.24, 2.45) is 17.8 Å². The largest absolute Gasteiger partial charge is 0.548 e. The van der Waals surface area contributed by atoms with Gasteiger partial charge in [-0.05, 0) is 63.2 Å². The fourth-order valence-corrected chi connectivity index (χ4v) is 4.83. The third-order valence-corrected chi connectivity index (χ3v) is 5.54. The molecule has 0 bridgehead atoms. The van der Waals surface area contributed by atoms with Crippen LogP contribution in [-0.2, 0) is 9.22 Å². The van der Waals surface area contributed by atoms with Crippen molar-refractivity contribution in [2.75, 3.05) is 0 Å². The normalized spacial score (nSPS) is 31.9. The molecule has 2 aliphatic rings. The van der Waals surface area contributed by atoms with Gasteiger partial charge in [0.05, 0.1) is 5.76 Å². The first-order valence-corrected chi connectivity index (χ1v) is 11.7. The van der Waals surface area contributed by atoms with E-state index in [1.54, 1.807) is 0 Å². The Balaban J connectivity index is 2.13. The van der Waals surface area contributed by atoms with Crippen LogP contribution >= 0.6 is 0 Å². The lowest BCUT2D eigenvalue weighted by atomic mass is 9.68. The van der Waals surface area contributed by atoms with Gasteiger partial charge in [-0.15, -0.1) is 0 Å². The van der Waals surface area contributed by atoms with Crippen molar-refractivity contribution >= 4 is 14.1 Å². The van der Waals surface area contributed by atoms with Gasteiger partial charge in [-0.3, -0.25) is 4.79 Å². The van der Waals surface area contributed by atoms with Crippen LogP contribution in [-0.4, -0.2) is 14.1 Å². The van der Waals surface area contributed by atoms with Crippen molar-refractivity contribution in [3.05, 3.63) is 11.8 Å². The summed E-state index contributed by atoms with van der Waals surface area (Å²) in [6, 6.07) is 0. The average Bonchev–Trinajstić information content (AvgIpc) is 2.36. The molecule has 2 aliphatic carbocycles. The van der Waals surface area contributed by atoms with E-state index >= 15 is 0 Å². The SMILES string of the molecule is CC[C@H]1CCCC(=O)C1C1C=C(O[Si](C)(C)C)CCC1. The number of ketones is 1. The second-order valence-corrected chi connectivity index (χ2v) is 11.9. The molecular weight excluding hydrogens is 264 g/mol. The van der Waals surface area contributed by atoms with E-state index < -0.39 is 8.32 Å². The molecule has 1 saturated carbocycles. The van der Waals surface area contributed by atoms with Crippen LogP contribution in [0.4, 0.5) is 0 Å². The van der Waals surface area contributed by atoms with Crippen molar-refractivity contribution in [2.45, 2.75) is 71.5 Å². The quantitative estimate of drug-likeness (QED) is 0.688. The Bertz CT molecular complexity index is 381. The molecule has 0 N–H and O–H groups in total. The predicted octanol–water partition coefficient (Wildman–Crippen LogP) is 4.92. The summed E-state index contributed by atoms with van der Waals surface area (Å²) in [7, 11) is -1.52. The molecule has 20 heavy (non-hydrogen) atoms. The lowest BCUT2D eigenvalue weighted by Gasteiger charge is -2.37. The van der Waals surface area contributed by atoms with Crippen molar-refractivity contribution in [1.82, 2.24) is 0 Å². The summed E-state index contributed by atoms with van der Waals surface area (Å²) in [6.45, 7) is 8.94. The summed E-state index contributed by atoms with van der Waals surface area (Å²) in [6.07, 6.45) is 10.0. The summed E-state index contributed by atoms with van der Waals surface area (Å²) >= 11 is 0. The molecule has 0 saturated heterocycles. The van der Waals surface area contributed by atoms with Gasteiger partial charge in [-0.2, -0.15) is 0 Å². The van der Waals surface area contributed by atoms with E-state index in [0.29, 0.717) is 17.6 Å². The number of allylic oxidation sites excluding steroid dienone is 2. The minimum absolute atomic E-state index is 0.272. The highest BCUT2D eigenvalue weighted by Gasteiger charge is 2.37. The molecular formula is C17H30O2Si. The number of carbonyl (C=O) groups excluding carboxylic acids is 1. The molecule has 0 aromatic rings. The third-order valence-electron chi connectivity index (χ3n) is 4.66. The highest BCUT2D eigenvalue weighted by molar-refractivity contribution is 6.70. The van der Waals surface area contributed by atoms with Gasteiger partial charge in [0.1, 0.15) is 5.78 Å². The first-order valence-electron chi connectivity index (χ1n) is 8.33. The van der Waals surface area contributed by atoms with E-state index in [-0.39, 0.29) is 5.92 Å². The number of rotatable bonds is 4. The lowest BCUT2D eigenvalue weighted by Crippen LogP contribution is -2.35. The Hall–Kier alpha value is -0.573. The molecule has 114 valence electrons. The molecule has 3 heteroatoms. The molecule has 0 radical (unpaired) electrons. The van der Waals surface area contributed by atoms with Crippen LogP contribution in [0.1, 0.15) is 51.9 Å². The summed E-state index contributed by atoms with van der Waals surface area (Å²) in [5, 5.41) is 0. The molecule has 2 unspecified atom stereocenters. The first kappa shape index (κ1) is 15.8. The minimum Gasteiger partial charge on any atom is -0.548 e. The van der Waals surface area contributed by atoms with Gasteiger partial charge in [-0.1, -0.05) is 13.3 Å². The van der Waals surface area contributed by atoms with Crippen molar-refractivity contribution in [1.29, 1.82) is 0 Å². The Labute approximate surface area is 125 Å². The van der Waals surface area contributed by atoms with E-state index in [0.717, 1.165) is 25.7 Å². The number of hydrogen-bond donors (Lipinski definition) is 0. The predicted molar refractivity (Wildman–Crippen MR) is 86.0 cm³/mol. The molecule has 2 nitrogen and oxygen atoms in total. The molecule has 0 aliphatic heterocycles. The van der Waals surface area contributed by atoms with Crippen LogP contribution in [0, 0.1) is 17.8 Å². The van der Waals surface area contributed by atoms with E-state index in [9.17, 15) is 4.79 Å². The topological polar surface area (TPSA) is 26.3 Å². The fourth-order valence-electron chi connectivity index (χ4n) is 3.87. The maximum absolute atomic E-state index is 12.4. The van der Waals surface area contributed by atoms with Gasteiger partial charge in [0.2, 0.25) is 8.32 Å². The van der Waals surface area contributed by atoms with Gasteiger partial charge in [0.15, 0.2) is 0 Å². The van der Waals surface area contributed by atoms with Crippen LogP contribution in [0.15, 0.2) is 11.8 Å². The molecule has 2 rings (SSSR count). The fraction of sp³-hybridized carbons (Fsp3) is 0.824. The van der Waals surface area contributed by atoms with Gasteiger partial charge in [-0.25, -0.2) is 0 Å². The first-order chi connectivity index (χ1) is 9.40. The summed E-state index contributed by atoms with van der Waals surface area (Å²) < 4.78 is 6.19. The Kier molecular flexibility index (Phi) is 5.11. The van der Waals surface area contributed by atoms with Crippen LogP contribution in [0.25, 0.3) is 0 Å². The van der Waals surface area contributed by atoms with Gasteiger partial charge < -0.3 is 4.43 Å². The Morgan fingerprint density at radius 3 is 2.55 bits per heavy atom. The van der Waals surface area contributed by atoms with Crippen molar-refractivity contribution < 1.29 is 9.22 Å². The molecule has 1 fully saturated rings. The molecule has 0 spiro atoms. The zero-order valence-corrected chi connectivity index (χ0v) is 14.6. The van der Waals surface area contributed by atoms with Gasteiger partial charge in [0, 0.05) is 18.8 Å². The molecule has 3 atom stereocenters. The Morgan fingerprint density at radius 2 is 1.90 bits per heavy atom. The minimum atomic E-state index is -1.52. The molecule has 0 aromatic carbocycles. The van der Waals surface area contributed by atoms with E-state index in [1.165, 1.54) is 25.0 Å². The van der Waals surface area contributed by atoms with Crippen molar-refractivity contribution in [3.8, 4) is 0 Å². The summed E-state index contributed by atoms with van der Waals surface area (Å²) in [5.41, 5.74) is 0. The second-order valence-electron chi connectivity index (χ2n) is 7.46. The number of hydrogen-bond acceptors (Lipinski definition) is 2. The van der Waals surface area contributed by atoms with E-state index in [1.807, 2.05) is 0 Å². The van der Waals surface area contributed by atoms with Gasteiger partial charge >= 0.3 is 0 Å². The number of Topliss-reactive ketones (excluding diaryl/α,β-unsaturated/α-hetero) is 1. The van der Waals surface area contributed by atoms with Crippen LogP contribution in [0.2, 0.25) is 19.6 Å². The average molecular weight is 295 g/mol. The second kappa shape index (κ2) is 6.46. The highest BCUT2D eigenvalue weighted by atomic mass is 28.4. The van der Waals surface area contributed by atoms with Crippen LogP contribution in [0.5, 0.6) is 0 Å². The smallest absolute Gasteiger partial charge is 0.241 e. The van der Waals surface area contributed by atoms with E-state index in [2.05, 4.69) is 32.6 Å². The Morgan fingerprint density at radius 1 is 1.20 bits per heavy atom. The monoisotopic (exact) mass is 294 g/mol. The van der Waals surface area contributed by atoms with Gasteiger partial charge in [0.25, 0.3) is 0 Å². The zero-order valence-electron chi connectivity index (χ0n) is 13.6. The number of carbonyl (C=O) groups is 1. The maximum atomic E-state index is 12.4. The standard InChI is InChI=1S/C17H30O2Si/c1-5-13-8-7-11-16(18)17(13)14-9-6-10-15(12-14)19-20(2,3)4/h12-14,17H,5-11H2,1-4H3/t13-,14?,17?/m0/s1. The van der Waals surface area contributed by atoms with Crippen molar-refractivity contribution in [3.63, 3.8) is 0 Å². The maximum Gasteiger partial charge on any atom is 0.241 e. The lowest BCUT2D eigenvalue weighted by molar-refractivity contribution is -0.128. The van der Waals surface area contributed by atoms with Crippen LogP contribution < -0.4 is 0 Å². The summed E-state index contributed by atoms with van der Waals surface area (Å²) in [5.74, 6) is 3.00. The van der Waals surface area contributed by atoms with Crippen LogP contribution in [0.3, 0.4) is 0 Å². The van der Waals surface area contributed by atoms with E-state index in [4.69, 9.17) is 4.43 Å². The third kappa shape index (κ3) is 3.97. The highest BCUT2D eigenvalue weighted by Crippen LogP contribution is 2.40. The zero-order chi connectivity index (χ0) is 14.8. The summed E-state index contributed by atoms with van der Waals surface area (Å²) in [4.78, 5) is 12.4.